The van der Waals surface area contributed by atoms with Crippen molar-refractivity contribution in [3.63, 3.8) is 0 Å². The Balaban J connectivity index is 3.03. The molecule has 2 aromatic rings. The van der Waals surface area contributed by atoms with Gasteiger partial charge in [0.1, 0.15) is 11.3 Å². The summed E-state index contributed by atoms with van der Waals surface area (Å²) < 4.78 is 27.5. The first-order chi connectivity index (χ1) is 6.61. The van der Waals surface area contributed by atoms with Crippen LogP contribution in [0.15, 0.2) is 27.3 Å². The molecule has 2 rings (SSSR count). The van der Waals surface area contributed by atoms with E-state index in [1.165, 1.54) is 6.20 Å². The van der Waals surface area contributed by atoms with Crippen LogP contribution >= 0.6 is 31.9 Å². The minimum absolute atomic E-state index is 0.0278. The Morgan fingerprint density at radius 2 is 1.86 bits per heavy atom. The van der Waals surface area contributed by atoms with Crippen LogP contribution < -0.4 is 0 Å². The molecule has 5 heteroatoms. The van der Waals surface area contributed by atoms with E-state index in [9.17, 15) is 8.78 Å². The molecule has 0 radical (unpaired) electrons. The van der Waals surface area contributed by atoms with Gasteiger partial charge in [-0.25, -0.2) is 8.78 Å². The summed E-state index contributed by atoms with van der Waals surface area (Å²) in [5, 5.41) is 0.152. The average Bonchev–Trinajstić information content (AvgIpc) is 2.14. The molecule has 0 saturated carbocycles. The summed E-state index contributed by atoms with van der Waals surface area (Å²) >= 11 is 6.09. The van der Waals surface area contributed by atoms with Gasteiger partial charge >= 0.3 is 0 Å². The molecule has 1 aromatic heterocycles. The standard InChI is InChI=1S/C9H3Br2F2N/c10-4-1-2-14-9-6(12)3-5(11)8(13)7(4)9/h1-3H. The molecular formula is C9H3Br2F2N. The fourth-order valence-electron chi connectivity index (χ4n) is 1.19. The van der Waals surface area contributed by atoms with Gasteiger partial charge in [0.2, 0.25) is 0 Å². The van der Waals surface area contributed by atoms with Crippen LogP contribution in [0.1, 0.15) is 0 Å². The number of benzene rings is 1. The molecule has 1 nitrogen and oxygen atoms in total. The largest absolute Gasteiger partial charge is 0.253 e. The molecule has 0 spiro atoms. The fourth-order valence-corrected chi connectivity index (χ4v) is 2.07. The van der Waals surface area contributed by atoms with Gasteiger partial charge in [-0.1, -0.05) is 0 Å². The van der Waals surface area contributed by atoms with Crippen molar-refractivity contribution in [1.29, 1.82) is 0 Å². The van der Waals surface area contributed by atoms with Gasteiger partial charge in [-0.3, -0.25) is 4.98 Å². The van der Waals surface area contributed by atoms with E-state index in [2.05, 4.69) is 36.8 Å². The van der Waals surface area contributed by atoms with E-state index in [-0.39, 0.29) is 15.4 Å². The number of hydrogen-bond acceptors (Lipinski definition) is 1. The van der Waals surface area contributed by atoms with Gasteiger partial charge in [-0.2, -0.15) is 0 Å². The highest BCUT2D eigenvalue weighted by Crippen LogP contribution is 2.31. The monoisotopic (exact) mass is 321 g/mol. The second kappa shape index (κ2) is 3.55. The smallest absolute Gasteiger partial charge is 0.150 e. The molecule has 14 heavy (non-hydrogen) atoms. The Labute approximate surface area is 95.4 Å². The molecule has 0 unspecified atom stereocenters. The number of aromatic nitrogens is 1. The Kier molecular flexibility index (Phi) is 2.53. The Morgan fingerprint density at radius 3 is 2.57 bits per heavy atom. The van der Waals surface area contributed by atoms with E-state index in [1.54, 1.807) is 6.07 Å². The highest BCUT2D eigenvalue weighted by Gasteiger charge is 2.13. The maximum Gasteiger partial charge on any atom is 0.150 e. The topological polar surface area (TPSA) is 12.9 Å². The van der Waals surface area contributed by atoms with Crippen LogP contribution in [0.25, 0.3) is 10.9 Å². The van der Waals surface area contributed by atoms with Crippen molar-refractivity contribution in [2.75, 3.05) is 0 Å². The molecule has 1 aromatic carbocycles. The third-order valence-electron chi connectivity index (χ3n) is 1.81. The number of pyridine rings is 1. The lowest BCUT2D eigenvalue weighted by molar-refractivity contribution is 0.609. The van der Waals surface area contributed by atoms with Crippen LogP contribution in [0.5, 0.6) is 0 Å². The highest BCUT2D eigenvalue weighted by molar-refractivity contribution is 9.11. The Morgan fingerprint density at radius 1 is 1.14 bits per heavy atom. The molecule has 0 saturated heterocycles. The van der Waals surface area contributed by atoms with Gasteiger partial charge in [-0.15, -0.1) is 0 Å². The van der Waals surface area contributed by atoms with Crippen LogP contribution in [-0.2, 0) is 0 Å². The summed E-state index contributed by atoms with van der Waals surface area (Å²) in [5.74, 6) is -1.06. The molecule has 0 aliphatic rings. The van der Waals surface area contributed by atoms with Gasteiger partial charge < -0.3 is 0 Å². The first kappa shape index (κ1) is 9.98. The summed E-state index contributed by atoms with van der Waals surface area (Å²) in [5.41, 5.74) is 0.0278. The lowest BCUT2D eigenvalue weighted by Gasteiger charge is -2.03. The first-order valence-corrected chi connectivity index (χ1v) is 5.27. The van der Waals surface area contributed by atoms with Gasteiger partial charge in [0, 0.05) is 10.7 Å². The van der Waals surface area contributed by atoms with Crippen LogP contribution in [0, 0.1) is 11.6 Å². The predicted octanol–water partition coefficient (Wildman–Crippen LogP) is 4.04. The second-order valence-corrected chi connectivity index (χ2v) is 4.38. The molecule has 0 aliphatic heterocycles. The lowest BCUT2D eigenvalue weighted by atomic mass is 10.2. The molecule has 0 N–H and O–H groups in total. The molecule has 0 amide bonds. The highest BCUT2D eigenvalue weighted by atomic mass is 79.9. The van der Waals surface area contributed by atoms with Crippen molar-refractivity contribution in [2.45, 2.75) is 0 Å². The molecule has 72 valence electrons. The van der Waals surface area contributed by atoms with E-state index in [4.69, 9.17) is 0 Å². The number of fused-ring (bicyclic) bond motifs is 1. The SMILES string of the molecule is Fc1cc(Br)c(F)c2c(Br)ccnc12. The van der Waals surface area contributed by atoms with Crippen LogP contribution in [-0.4, -0.2) is 4.98 Å². The molecule has 0 bridgehead atoms. The van der Waals surface area contributed by atoms with Crippen LogP contribution in [0.3, 0.4) is 0 Å². The molecule has 0 atom stereocenters. The fraction of sp³-hybridized carbons (Fsp3) is 0. The number of rotatable bonds is 0. The van der Waals surface area contributed by atoms with E-state index in [1.807, 2.05) is 0 Å². The summed E-state index contributed by atoms with van der Waals surface area (Å²) in [6.45, 7) is 0. The first-order valence-electron chi connectivity index (χ1n) is 3.69. The summed E-state index contributed by atoms with van der Waals surface area (Å²) in [7, 11) is 0. The maximum absolute atomic E-state index is 13.6. The number of nitrogens with zero attached hydrogens (tertiary/aromatic N) is 1. The number of halogens is 4. The maximum atomic E-state index is 13.6. The van der Waals surface area contributed by atoms with Crippen LogP contribution in [0.2, 0.25) is 0 Å². The second-order valence-electron chi connectivity index (χ2n) is 2.67. The number of hydrogen-bond donors (Lipinski definition) is 0. The van der Waals surface area contributed by atoms with Crippen molar-refractivity contribution in [3.05, 3.63) is 38.9 Å². The van der Waals surface area contributed by atoms with Gasteiger partial charge in [0.15, 0.2) is 5.82 Å². The Bertz CT molecular complexity index is 514. The van der Waals surface area contributed by atoms with Crippen molar-refractivity contribution in [2.24, 2.45) is 0 Å². The van der Waals surface area contributed by atoms with E-state index < -0.39 is 11.6 Å². The predicted molar refractivity (Wildman–Crippen MR) is 57.1 cm³/mol. The van der Waals surface area contributed by atoms with E-state index in [0.29, 0.717) is 4.47 Å². The summed E-state index contributed by atoms with van der Waals surface area (Å²) in [6, 6.07) is 2.63. The zero-order chi connectivity index (χ0) is 10.3. The third kappa shape index (κ3) is 1.44. The van der Waals surface area contributed by atoms with Crippen molar-refractivity contribution < 1.29 is 8.78 Å². The van der Waals surface area contributed by atoms with Gasteiger partial charge in [-0.05, 0) is 44.0 Å². The van der Waals surface area contributed by atoms with E-state index in [0.717, 1.165) is 6.07 Å². The quantitative estimate of drug-likeness (QED) is 0.667. The summed E-state index contributed by atoms with van der Waals surface area (Å²) in [6.07, 6.45) is 1.42. The van der Waals surface area contributed by atoms with E-state index >= 15 is 0 Å². The Hall–Kier alpha value is -0.550. The lowest BCUT2D eigenvalue weighted by Crippen LogP contribution is -1.90. The molecule has 0 fully saturated rings. The zero-order valence-electron chi connectivity index (χ0n) is 6.69. The van der Waals surface area contributed by atoms with Crippen LogP contribution in [0.4, 0.5) is 8.78 Å². The van der Waals surface area contributed by atoms with Gasteiger partial charge in [0.25, 0.3) is 0 Å². The molecule has 0 aliphatic carbocycles. The minimum atomic E-state index is -0.547. The van der Waals surface area contributed by atoms with Gasteiger partial charge in [0.05, 0.1) is 9.86 Å². The normalized spacial score (nSPS) is 10.9. The molecule has 1 heterocycles. The van der Waals surface area contributed by atoms with Crippen molar-refractivity contribution in [3.8, 4) is 0 Å². The third-order valence-corrected chi connectivity index (χ3v) is 3.05. The molecular weight excluding hydrogens is 320 g/mol. The zero-order valence-corrected chi connectivity index (χ0v) is 9.86. The minimum Gasteiger partial charge on any atom is -0.253 e. The average molecular weight is 323 g/mol. The van der Waals surface area contributed by atoms with Crippen molar-refractivity contribution in [1.82, 2.24) is 4.98 Å². The summed E-state index contributed by atoms with van der Waals surface area (Å²) in [4.78, 5) is 3.78. The van der Waals surface area contributed by atoms with Crippen molar-refractivity contribution >= 4 is 42.8 Å².